The van der Waals surface area contributed by atoms with Gasteiger partial charge in [0.2, 0.25) is 0 Å². The minimum Gasteiger partial charge on any atom is -0.327 e. The van der Waals surface area contributed by atoms with E-state index in [1.807, 2.05) is 24.3 Å². The van der Waals surface area contributed by atoms with Crippen molar-refractivity contribution >= 4 is 35.0 Å². The van der Waals surface area contributed by atoms with E-state index < -0.39 is 0 Å². The molecular formula is C15H14Cl2FNS. The molecule has 0 aromatic heterocycles. The van der Waals surface area contributed by atoms with Crippen LogP contribution in [0, 0.1) is 5.82 Å². The molecule has 2 aromatic rings. The first-order valence-electron chi connectivity index (χ1n) is 6.12. The van der Waals surface area contributed by atoms with Crippen molar-refractivity contribution in [3.63, 3.8) is 0 Å². The Morgan fingerprint density at radius 2 is 1.80 bits per heavy atom. The molecule has 0 aliphatic rings. The maximum Gasteiger partial charge on any atom is 0.124 e. The summed E-state index contributed by atoms with van der Waals surface area (Å²) in [5.41, 5.74) is 6.96. The molecule has 1 atom stereocenters. The lowest BCUT2D eigenvalue weighted by molar-refractivity contribution is 0.626. The predicted molar refractivity (Wildman–Crippen MR) is 85.3 cm³/mol. The number of benzene rings is 2. The van der Waals surface area contributed by atoms with Crippen molar-refractivity contribution in [3.05, 3.63) is 63.9 Å². The molecule has 0 amide bonds. The molecule has 2 N–H and O–H groups in total. The Bertz CT molecular complexity index is 575. The molecule has 0 bridgehead atoms. The molecule has 0 aliphatic heterocycles. The van der Waals surface area contributed by atoms with Crippen LogP contribution in [0.5, 0.6) is 0 Å². The topological polar surface area (TPSA) is 26.0 Å². The van der Waals surface area contributed by atoms with E-state index in [-0.39, 0.29) is 11.9 Å². The highest BCUT2D eigenvalue weighted by molar-refractivity contribution is 7.99. The normalized spacial score (nSPS) is 12.4. The van der Waals surface area contributed by atoms with E-state index >= 15 is 0 Å². The van der Waals surface area contributed by atoms with Gasteiger partial charge in [-0.25, -0.2) is 4.39 Å². The average molecular weight is 330 g/mol. The minimum absolute atomic E-state index is 0.0429. The second-order valence-corrected chi connectivity index (χ2v) is 6.40. The van der Waals surface area contributed by atoms with Gasteiger partial charge in [0.05, 0.1) is 0 Å². The Hall–Kier alpha value is -0.740. The van der Waals surface area contributed by atoms with Crippen LogP contribution in [0.2, 0.25) is 10.0 Å². The smallest absolute Gasteiger partial charge is 0.124 e. The SMILES string of the molecule is NC(CSc1ccc(Cl)cc1)Cc1ccc(F)cc1Cl. The zero-order valence-corrected chi connectivity index (χ0v) is 13.0. The lowest BCUT2D eigenvalue weighted by Crippen LogP contribution is -2.25. The van der Waals surface area contributed by atoms with Crippen molar-refractivity contribution in [1.82, 2.24) is 0 Å². The first-order chi connectivity index (χ1) is 9.54. The van der Waals surface area contributed by atoms with Crippen molar-refractivity contribution in [2.24, 2.45) is 5.73 Å². The molecule has 0 aliphatic carbocycles. The molecule has 2 aromatic carbocycles. The monoisotopic (exact) mass is 329 g/mol. The van der Waals surface area contributed by atoms with Crippen molar-refractivity contribution in [2.45, 2.75) is 17.4 Å². The van der Waals surface area contributed by atoms with Gasteiger partial charge < -0.3 is 5.73 Å². The van der Waals surface area contributed by atoms with Gasteiger partial charge in [-0.15, -0.1) is 11.8 Å². The maximum absolute atomic E-state index is 13.0. The van der Waals surface area contributed by atoms with Crippen LogP contribution in [0.15, 0.2) is 47.4 Å². The van der Waals surface area contributed by atoms with Crippen LogP contribution in [-0.4, -0.2) is 11.8 Å². The summed E-state index contributed by atoms with van der Waals surface area (Å²) in [6, 6.07) is 12.0. The Labute approximate surface area is 132 Å². The zero-order chi connectivity index (χ0) is 14.5. The fraction of sp³-hybridized carbons (Fsp3) is 0.200. The molecule has 2 rings (SSSR count). The summed E-state index contributed by atoms with van der Waals surface area (Å²) in [6.45, 7) is 0. The Balaban J connectivity index is 1.89. The Kier molecular flexibility index (Phi) is 5.73. The van der Waals surface area contributed by atoms with Crippen LogP contribution in [-0.2, 0) is 6.42 Å². The Morgan fingerprint density at radius 3 is 2.45 bits per heavy atom. The molecule has 0 spiro atoms. The summed E-state index contributed by atoms with van der Waals surface area (Å²) in [4.78, 5) is 1.12. The molecule has 1 unspecified atom stereocenters. The molecule has 0 radical (unpaired) electrons. The lowest BCUT2D eigenvalue weighted by Gasteiger charge is -2.12. The van der Waals surface area contributed by atoms with Crippen LogP contribution in [0.3, 0.4) is 0 Å². The van der Waals surface area contributed by atoms with Crippen LogP contribution < -0.4 is 5.73 Å². The number of rotatable bonds is 5. The number of hydrogen-bond acceptors (Lipinski definition) is 2. The fourth-order valence-electron chi connectivity index (χ4n) is 1.76. The molecular weight excluding hydrogens is 316 g/mol. The van der Waals surface area contributed by atoms with Crippen LogP contribution in [0.1, 0.15) is 5.56 Å². The number of thioether (sulfide) groups is 1. The van der Waals surface area contributed by atoms with Gasteiger partial charge in [0.25, 0.3) is 0 Å². The van der Waals surface area contributed by atoms with Crippen molar-refractivity contribution < 1.29 is 4.39 Å². The zero-order valence-electron chi connectivity index (χ0n) is 10.7. The minimum atomic E-state index is -0.331. The molecule has 20 heavy (non-hydrogen) atoms. The van der Waals surface area contributed by atoms with E-state index in [1.165, 1.54) is 12.1 Å². The van der Waals surface area contributed by atoms with Crippen molar-refractivity contribution in [1.29, 1.82) is 0 Å². The van der Waals surface area contributed by atoms with Gasteiger partial charge in [0.1, 0.15) is 5.82 Å². The third-order valence-corrected chi connectivity index (χ3v) is 4.58. The van der Waals surface area contributed by atoms with Crippen molar-refractivity contribution in [2.75, 3.05) is 5.75 Å². The van der Waals surface area contributed by atoms with Gasteiger partial charge >= 0.3 is 0 Å². The van der Waals surface area contributed by atoms with Gasteiger partial charge in [-0.2, -0.15) is 0 Å². The molecule has 1 nitrogen and oxygen atoms in total. The van der Waals surface area contributed by atoms with E-state index in [0.717, 1.165) is 21.2 Å². The number of halogens is 3. The highest BCUT2D eigenvalue weighted by Gasteiger charge is 2.09. The highest BCUT2D eigenvalue weighted by atomic mass is 35.5. The van der Waals surface area contributed by atoms with Gasteiger partial charge in [0.15, 0.2) is 0 Å². The molecule has 0 saturated carbocycles. The fourth-order valence-corrected chi connectivity index (χ4v) is 2.99. The molecule has 106 valence electrons. The van der Waals surface area contributed by atoms with Gasteiger partial charge in [-0.3, -0.25) is 0 Å². The Morgan fingerprint density at radius 1 is 1.10 bits per heavy atom. The lowest BCUT2D eigenvalue weighted by atomic mass is 10.1. The summed E-state index contributed by atoms with van der Waals surface area (Å²) >= 11 is 13.5. The number of hydrogen-bond donors (Lipinski definition) is 1. The van der Waals surface area contributed by atoms with Crippen LogP contribution in [0.4, 0.5) is 4.39 Å². The quantitative estimate of drug-likeness (QED) is 0.798. The van der Waals surface area contributed by atoms with E-state index in [2.05, 4.69) is 0 Å². The van der Waals surface area contributed by atoms with E-state index in [0.29, 0.717) is 11.4 Å². The van der Waals surface area contributed by atoms with Gasteiger partial charge in [-0.05, 0) is 48.4 Å². The summed E-state index contributed by atoms with van der Waals surface area (Å²) in [5, 5.41) is 1.15. The largest absolute Gasteiger partial charge is 0.327 e. The molecule has 0 fully saturated rings. The van der Waals surface area contributed by atoms with E-state index in [1.54, 1.807) is 17.8 Å². The summed E-state index contributed by atoms with van der Waals surface area (Å²) < 4.78 is 13.0. The van der Waals surface area contributed by atoms with Gasteiger partial charge in [0, 0.05) is 26.7 Å². The van der Waals surface area contributed by atoms with Gasteiger partial charge in [-0.1, -0.05) is 29.3 Å². The van der Waals surface area contributed by atoms with Crippen LogP contribution >= 0.6 is 35.0 Å². The molecule has 5 heteroatoms. The highest BCUT2D eigenvalue weighted by Crippen LogP contribution is 2.23. The predicted octanol–water partition coefficient (Wildman–Crippen LogP) is 4.79. The van der Waals surface area contributed by atoms with Crippen LogP contribution in [0.25, 0.3) is 0 Å². The first kappa shape index (κ1) is 15.6. The number of nitrogens with two attached hydrogens (primary N) is 1. The standard InChI is InChI=1S/C15H14Cl2FNS/c16-11-2-5-14(6-3-11)20-9-13(19)7-10-1-4-12(18)8-15(10)17/h1-6,8,13H,7,9,19H2. The molecule has 0 heterocycles. The summed E-state index contributed by atoms with van der Waals surface area (Å²) in [7, 11) is 0. The van der Waals surface area contributed by atoms with E-state index in [9.17, 15) is 4.39 Å². The average Bonchev–Trinajstić information content (AvgIpc) is 2.41. The summed E-state index contributed by atoms with van der Waals surface area (Å²) in [5.74, 6) is 0.429. The third-order valence-electron chi connectivity index (χ3n) is 2.77. The third kappa shape index (κ3) is 4.67. The first-order valence-corrected chi connectivity index (χ1v) is 7.86. The van der Waals surface area contributed by atoms with E-state index in [4.69, 9.17) is 28.9 Å². The van der Waals surface area contributed by atoms with Crippen molar-refractivity contribution in [3.8, 4) is 0 Å². The second kappa shape index (κ2) is 7.32. The second-order valence-electron chi connectivity index (χ2n) is 4.46. The molecule has 0 saturated heterocycles. The maximum atomic E-state index is 13.0. The summed E-state index contributed by atoms with van der Waals surface area (Å²) in [6.07, 6.45) is 0.625.